The molecule has 0 aromatic carbocycles. The molecule has 2 saturated carbocycles. The summed E-state index contributed by atoms with van der Waals surface area (Å²) in [6.07, 6.45) is 4.89. The molecule has 1 aliphatic heterocycles. The summed E-state index contributed by atoms with van der Waals surface area (Å²) < 4.78 is 32.8. The molecule has 3 unspecified atom stereocenters. The van der Waals surface area contributed by atoms with Gasteiger partial charge < -0.3 is 15.4 Å². The molecule has 0 spiro atoms. The van der Waals surface area contributed by atoms with E-state index in [2.05, 4.69) is 34.2 Å². The maximum atomic E-state index is 12.1. The van der Waals surface area contributed by atoms with Gasteiger partial charge in [-0.15, -0.1) is 0 Å². The van der Waals surface area contributed by atoms with Crippen LogP contribution in [0.5, 0.6) is 0 Å². The predicted octanol–water partition coefficient (Wildman–Crippen LogP) is 1.07. The Morgan fingerprint density at radius 2 is 2.04 bits per heavy atom. The molecular formula is C18H34N4O3S. The van der Waals surface area contributed by atoms with Crippen molar-refractivity contribution in [3.8, 4) is 0 Å². The van der Waals surface area contributed by atoms with E-state index in [4.69, 9.17) is 4.74 Å². The van der Waals surface area contributed by atoms with Gasteiger partial charge in [0.25, 0.3) is 0 Å². The topological polar surface area (TPSA) is 91.8 Å². The van der Waals surface area contributed by atoms with Gasteiger partial charge in [-0.1, -0.05) is 20.3 Å². The Morgan fingerprint density at radius 3 is 2.69 bits per heavy atom. The van der Waals surface area contributed by atoms with Gasteiger partial charge >= 0.3 is 0 Å². The van der Waals surface area contributed by atoms with Gasteiger partial charge in [-0.2, -0.15) is 0 Å². The van der Waals surface area contributed by atoms with Crippen LogP contribution < -0.4 is 15.4 Å². The first-order chi connectivity index (χ1) is 12.3. The molecule has 150 valence electrons. The Bertz CT molecular complexity index is 616. The molecule has 3 fully saturated rings. The van der Waals surface area contributed by atoms with Crippen molar-refractivity contribution < 1.29 is 13.2 Å². The summed E-state index contributed by atoms with van der Waals surface area (Å²) in [4.78, 5) is 4.50. The van der Waals surface area contributed by atoms with E-state index in [1.807, 2.05) is 6.92 Å². The Morgan fingerprint density at radius 1 is 1.27 bits per heavy atom. The summed E-state index contributed by atoms with van der Waals surface area (Å²) in [5.41, 5.74) is 0.0633. The highest BCUT2D eigenvalue weighted by Crippen LogP contribution is 2.52. The first-order valence-electron chi connectivity index (χ1n) is 9.97. The summed E-state index contributed by atoms with van der Waals surface area (Å²) >= 11 is 0. The van der Waals surface area contributed by atoms with Crippen LogP contribution in [-0.4, -0.2) is 58.5 Å². The van der Waals surface area contributed by atoms with Crippen LogP contribution in [-0.2, 0) is 14.8 Å². The fourth-order valence-electron chi connectivity index (χ4n) is 4.38. The minimum Gasteiger partial charge on any atom is -0.377 e. The van der Waals surface area contributed by atoms with Gasteiger partial charge in [0.05, 0.1) is 18.4 Å². The largest absolute Gasteiger partial charge is 0.377 e. The molecule has 1 heterocycles. The number of nitrogens with one attached hydrogen (secondary N) is 3. The number of rotatable bonds is 8. The number of aliphatic imine (C=N–C) groups is 1. The average Bonchev–Trinajstić information content (AvgIpc) is 2.97. The molecule has 26 heavy (non-hydrogen) atoms. The zero-order valence-electron chi connectivity index (χ0n) is 16.3. The van der Waals surface area contributed by atoms with Crippen molar-refractivity contribution in [3.05, 3.63) is 0 Å². The third-order valence-electron chi connectivity index (χ3n) is 6.18. The molecule has 7 nitrogen and oxygen atoms in total. The maximum Gasteiger partial charge on any atom is 0.213 e. The quantitative estimate of drug-likeness (QED) is 0.429. The zero-order chi connectivity index (χ0) is 18.8. The molecule has 0 aromatic heterocycles. The second-order valence-corrected chi connectivity index (χ2v) is 10.3. The predicted molar refractivity (Wildman–Crippen MR) is 104 cm³/mol. The van der Waals surface area contributed by atoms with Gasteiger partial charge in [-0.25, -0.2) is 13.1 Å². The number of sulfonamides is 1. The minimum absolute atomic E-state index is 0.0273. The second-order valence-electron chi connectivity index (χ2n) is 8.41. The lowest BCUT2D eigenvalue weighted by atomic mass is 9.57. The lowest BCUT2D eigenvalue weighted by Gasteiger charge is -2.54. The van der Waals surface area contributed by atoms with E-state index in [1.165, 1.54) is 6.42 Å². The summed E-state index contributed by atoms with van der Waals surface area (Å²) in [5, 5.41) is 6.75. The highest BCUT2D eigenvalue weighted by atomic mass is 32.2. The van der Waals surface area contributed by atoms with Crippen LogP contribution in [0.4, 0.5) is 0 Å². The van der Waals surface area contributed by atoms with E-state index in [-0.39, 0.29) is 17.7 Å². The monoisotopic (exact) mass is 386 g/mol. The van der Waals surface area contributed by atoms with Crippen molar-refractivity contribution in [2.45, 2.75) is 58.6 Å². The van der Waals surface area contributed by atoms with E-state index < -0.39 is 10.0 Å². The SMILES string of the molecule is CCNC(=NCCS(=O)(=O)NCC1CCC1)NC1C2CCOC2C1(C)C. The third kappa shape index (κ3) is 4.34. The third-order valence-corrected chi connectivity index (χ3v) is 7.51. The Balaban J connectivity index is 1.50. The van der Waals surface area contributed by atoms with Crippen LogP contribution in [0.15, 0.2) is 4.99 Å². The fraction of sp³-hybridized carbons (Fsp3) is 0.944. The molecule has 8 heteroatoms. The summed E-state index contributed by atoms with van der Waals surface area (Å²) in [5.74, 6) is 1.76. The van der Waals surface area contributed by atoms with Crippen LogP contribution >= 0.6 is 0 Å². The summed E-state index contributed by atoms with van der Waals surface area (Å²) in [7, 11) is -3.25. The van der Waals surface area contributed by atoms with Crippen LogP contribution in [0, 0.1) is 17.3 Å². The molecule has 3 atom stereocenters. The van der Waals surface area contributed by atoms with Gasteiger partial charge in [-0.05, 0) is 32.1 Å². The molecular weight excluding hydrogens is 352 g/mol. The molecule has 0 aromatic rings. The first kappa shape index (κ1) is 19.9. The Hall–Kier alpha value is -0.860. The van der Waals surface area contributed by atoms with Gasteiger partial charge in [0.15, 0.2) is 5.96 Å². The highest BCUT2D eigenvalue weighted by molar-refractivity contribution is 7.89. The second kappa shape index (κ2) is 8.02. The highest BCUT2D eigenvalue weighted by Gasteiger charge is 2.59. The van der Waals surface area contributed by atoms with Crippen LogP contribution in [0.2, 0.25) is 0 Å². The number of fused-ring (bicyclic) bond motifs is 1. The van der Waals surface area contributed by atoms with Crippen molar-refractivity contribution in [3.63, 3.8) is 0 Å². The van der Waals surface area contributed by atoms with Gasteiger partial charge in [0.1, 0.15) is 0 Å². The van der Waals surface area contributed by atoms with Crippen LogP contribution in [0.25, 0.3) is 0 Å². The van der Waals surface area contributed by atoms with Crippen molar-refractivity contribution in [2.24, 2.45) is 22.2 Å². The van der Waals surface area contributed by atoms with Crippen molar-refractivity contribution in [2.75, 3.05) is 32.0 Å². The first-order valence-corrected chi connectivity index (χ1v) is 11.6. The van der Waals surface area contributed by atoms with Crippen LogP contribution in [0.3, 0.4) is 0 Å². The van der Waals surface area contributed by atoms with Crippen LogP contribution in [0.1, 0.15) is 46.5 Å². The molecule has 0 amide bonds. The van der Waals surface area contributed by atoms with E-state index in [0.717, 1.165) is 32.4 Å². The van der Waals surface area contributed by atoms with E-state index >= 15 is 0 Å². The number of guanidine groups is 1. The van der Waals surface area contributed by atoms with Gasteiger partial charge in [0, 0.05) is 37.1 Å². The standard InChI is InChI=1S/C18H34N4O3S/c1-4-19-17(22-15-14-8-10-25-16(14)18(15,2)3)20-9-11-26(23,24)21-12-13-6-5-7-13/h13-16,21H,4-12H2,1-3H3,(H2,19,20,22). The lowest BCUT2D eigenvalue weighted by molar-refractivity contribution is -0.106. The van der Waals surface area contributed by atoms with Gasteiger partial charge in [-0.3, -0.25) is 4.99 Å². The Labute approximate surface area is 157 Å². The molecule has 2 aliphatic carbocycles. The number of ether oxygens (including phenoxy) is 1. The fourth-order valence-corrected chi connectivity index (χ4v) is 5.34. The smallest absolute Gasteiger partial charge is 0.213 e. The average molecular weight is 387 g/mol. The van der Waals surface area contributed by atoms with E-state index in [0.29, 0.717) is 36.5 Å². The molecule has 3 N–H and O–H groups in total. The minimum atomic E-state index is -3.25. The van der Waals surface area contributed by atoms with Gasteiger partial charge in [0.2, 0.25) is 10.0 Å². The van der Waals surface area contributed by atoms with E-state index in [1.54, 1.807) is 0 Å². The molecule has 0 radical (unpaired) electrons. The Kier molecular flexibility index (Phi) is 6.14. The number of nitrogens with zero attached hydrogens (tertiary/aromatic N) is 1. The number of hydrogen-bond donors (Lipinski definition) is 3. The zero-order valence-corrected chi connectivity index (χ0v) is 17.1. The lowest BCUT2D eigenvalue weighted by Crippen LogP contribution is -2.68. The molecule has 3 aliphatic rings. The molecule has 3 rings (SSSR count). The normalized spacial score (nSPS) is 31.0. The number of hydrogen-bond acceptors (Lipinski definition) is 4. The van der Waals surface area contributed by atoms with Crippen molar-refractivity contribution in [1.82, 2.24) is 15.4 Å². The summed E-state index contributed by atoms with van der Waals surface area (Å²) in [6.45, 7) is 8.86. The van der Waals surface area contributed by atoms with Crippen molar-refractivity contribution in [1.29, 1.82) is 0 Å². The molecule has 0 bridgehead atoms. The van der Waals surface area contributed by atoms with E-state index in [9.17, 15) is 8.42 Å². The molecule has 1 saturated heterocycles. The van der Waals surface area contributed by atoms with Crippen molar-refractivity contribution >= 4 is 16.0 Å². The summed E-state index contributed by atoms with van der Waals surface area (Å²) in [6, 6.07) is 0.307. The maximum absolute atomic E-state index is 12.1.